The molecule has 138 valence electrons. The van der Waals surface area contributed by atoms with E-state index in [0.29, 0.717) is 41.3 Å². The van der Waals surface area contributed by atoms with Gasteiger partial charge in [0.2, 0.25) is 5.82 Å². The maximum atomic E-state index is 13.2. The Balaban J connectivity index is 1.62. The standard InChI is InChI=1S/C19H18ClF3N2O/c1-13-12-14(8-9-15(13)20)26-11-5-4-10-25-17-7-3-2-6-16(17)24-18(25)19(21,22)23/h2-3,6-9,12H,4-5,10-11H2,1H3. The molecule has 0 radical (unpaired) electrons. The number of fused-ring (bicyclic) bond motifs is 1. The van der Waals surface area contributed by atoms with Crippen molar-refractivity contribution < 1.29 is 17.9 Å². The number of nitrogens with zero attached hydrogens (tertiary/aromatic N) is 2. The van der Waals surface area contributed by atoms with Crippen LogP contribution in [0, 0.1) is 6.92 Å². The van der Waals surface area contributed by atoms with Crippen LogP contribution in [-0.2, 0) is 12.7 Å². The minimum Gasteiger partial charge on any atom is -0.494 e. The summed E-state index contributed by atoms with van der Waals surface area (Å²) in [5.74, 6) is -0.149. The first-order chi connectivity index (χ1) is 12.4. The van der Waals surface area contributed by atoms with Crippen LogP contribution < -0.4 is 4.74 Å². The normalized spacial score (nSPS) is 11.9. The van der Waals surface area contributed by atoms with E-state index in [4.69, 9.17) is 16.3 Å². The third-order valence-electron chi connectivity index (χ3n) is 4.08. The first-order valence-electron chi connectivity index (χ1n) is 8.27. The molecule has 0 bridgehead atoms. The second-order valence-corrected chi connectivity index (χ2v) is 6.45. The van der Waals surface area contributed by atoms with Gasteiger partial charge in [0.05, 0.1) is 17.6 Å². The molecular formula is C19H18ClF3N2O. The van der Waals surface area contributed by atoms with Gasteiger partial charge in [-0.15, -0.1) is 0 Å². The molecule has 2 aromatic carbocycles. The van der Waals surface area contributed by atoms with Crippen LogP contribution in [0.25, 0.3) is 11.0 Å². The van der Waals surface area contributed by atoms with Crippen molar-refractivity contribution in [3.05, 3.63) is 58.9 Å². The quantitative estimate of drug-likeness (QED) is 0.498. The molecule has 3 aromatic rings. The van der Waals surface area contributed by atoms with E-state index >= 15 is 0 Å². The van der Waals surface area contributed by atoms with Gasteiger partial charge in [-0.1, -0.05) is 23.7 Å². The zero-order valence-electron chi connectivity index (χ0n) is 14.2. The van der Waals surface area contributed by atoms with Gasteiger partial charge in [0.25, 0.3) is 0 Å². The van der Waals surface area contributed by atoms with Crippen molar-refractivity contribution in [3.63, 3.8) is 0 Å². The summed E-state index contributed by atoms with van der Waals surface area (Å²) in [4.78, 5) is 3.74. The lowest BCUT2D eigenvalue weighted by molar-refractivity contribution is -0.147. The number of halogens is 4. The number of rotatable bonds is 6. The van der Waals surface area contributed by atoms with Gasteiger partial charge in [-0.25, -0.2) is 4.98 Å². The van der Waals surface area contributed by atoms with Crippen LogP contribution in [-0.4, -0.2) is 16.2 Å². The van der Waals surface area contributed by atoms with Gasteiger partial charge in [0, 0.05) is 11.6 Å². The number of imidazole rings is 1. The predicted octanol–water partition coefficient (Wildman–Crippen LogP) is 5.88. The number of benzene rings is 2. The molecule has 0 spiro atoms. The van der Waals surface area contributed by atoms with Crippen molar-refractivity contribution in [2.24, 2.45) is 0 Å². The number of unbranched alkanes of at least 4 members (excludes halogenated alkanes) is 1. The zero-order valence-corrected chi connectivity index (χ0v) is 14.9. The fourth-order valence-electron chi connectivity index (χ4n) is 2.79. The van der Waals surface area contributed by atoms with Crippen LogP contribution in [0.5, 0.6) is 5.75 Å². The van der Waals surface area contributed by atoms with Crippen LogP contribution in [0.15, 0.2) is 42.5 Å². The van der Waals surface area contributed by atoms with E-state index in [-0.39, 0.29) is 6.54 Å². The number of ether oxygens (including phenoxy) is 1. The largest absolute Gasteiger partial charge is 0.494 e. The summed E-state index contributed by atoms with van der Waals surface area (Å²) in [5, 5.41) is 0.670. The topological polar surface area (TPSA) is 27.1 Å². The maximum Gasteiger partial charge on any atom is 0.449 e. The summed E-state index contributed by atoms with van der Waals surface area (Å²) in [5.41, 5.74) is 1.77. The number of alkyl halides is 3. The Morgan fingerprint density at radius 2 is 1.88 bits per heavy atom. The summed E-state index contributed by atoms with van der Waals surface area (Å²) >= 11 is 5.96. The first kappa shape index (κ1) is 18.6. The van der Waals surface area contributed by atoms with Gasteiger partial charge in [-0.3, -0.25) is 0 Å². The molecular weight excluding hydrogens is 365 g/mol. The molecule has 0 saturated heterocycles. The summed E-state index contributed by atoms with van der Waals surface area (Å²) in [6.07, 6.45) is -3.29. The molecule has 0 atom stereocenters. The summed E-state index contributed by atoms with van der Waals surface area (Å²) in [7, 11) is 0. The number of hydrogen-bond acceptors (Lipinski definition) is 2. The Bertz CT molecular complexity index is 905. The van der Waals surface area contributed by atoms with Crippen LogP contribution >= 0.6 is 11.6 Å². The summed E-state index contributed by atoms with van der Waals surface area (Å²) < 4.78 is 46.6. The van der Waals surface area contributed by atoms with Crippen LogP contribution in [0.2, 0.25) is 5.02 Å². The minimum atomic E-state index is -4.48. The lowest BCUT2D eigenvalue weighted by atomic mass is 10.2. The molecule has 0 amide bonds. The van der Waals surface area contributed by atoms with Gasteiger partial charge in [-0.05, 0) is 55.7 Å². The zero-order chi connectivity index (χ0) is 18.7. The van der Waals surface area contributed by atoms with Gasteiger partial charge in [0.15, 0.2) is 0 Å². The van der Waals surface area contributed by atoms with E-state index in [0.717, 1.165) is 5.56 Å². The van der Waals surface area contributed by atoms with E-state index in [1.54, 1.807) is 36.4 Å². The lowest BCUT2D eigenvalue weighted by Gasteiger charge is -2.12. The molecule has 3 nitrogen and oxygen atoms in total. The SMILES string of the molecule is Cc1cc(OCCCCn2c(C(F)(F)F)nc3ccccc32)ccc1Cl. The van der Waals surface area contributed by atoms with E-state index in [1.807, 2.05) is 13.0 Å². The molecule has 7 heteroatoms. The van der Waals surface area contributed by atoms with Crippen molar-refractivity contribution in [2.45, 2.75) is 32.5 Å². The minimum absolute atomic E-state index is 0.234. The number of para-hydroxylation sites is 2. The van der Waals surface area contributed by atoms with Crippen molar-refractivity contribution >= 4 is 22.6 Å². The third-order valence-corrected chi connectivity index (χ3v) is 4.51. The molecule has 26 heavy (non-hydrogen) atoms. The second-order valence-electron chi connectivity index (χ2n) is 6.04. The average molecular weight is 383 g/mol. The van der Waals surface area contributed by atoms with Crippen molar-refractivity contribution in [3.8, 4) is 5.75 Å². The van der Waals surface area contributed by atoms with E-state index < -0.39 is 12.0 Å². The Kier molecular flexibility index (Phi) is 5.41. The monoisotopic (exact) mass is 382 g/mol. The highest BCUT2D eigenvalue weighted by atomic mass is 35.5. The highest BCUT2D eigenvalue weighted by molar-refractivity contribution is 6.31. The number of hydrogen-bond donors (Lipinski definition) is 0. The number of aryl methyl sites for hydroxylation is 2. The lowest BCUT2D eigenvalue weighted by Crippen LogP contribution is -2.15. The van der Waals surface area contributed by atoms with Crippen LogP contribution in [0.3, 0.4) is 0 Å². The second kappa shape index (κ2) is 7.58. The molecule has 0 N–H and O–H groups in total. The Labute approximate surface area is 154 Å². The van der Waals surface area contributed by atoms with Crippen LogP contribution in [0.1, 0.15) is 24.2 Å². The first-order valence-corrected chi connectivity index (χ1v) is 8.65. The van der Waals surface area contributed by atoms with Crippen molar-refractivity contribution in [1.29, 1.82) is 0 Å². The van der Waals surface area contributed by atoms with E-state index in [2.05, 4.69) is 4.98 Å². The van der Waals surface area contributed by atoms with Crippen molar-refractivity contribution in [1.82, 2.24) is 9.55 Å². The molecule has 3 rings (SSSR count). The van der Waals surface area contributed by atoms with E-state index in [1.165, 1.54) is 4.57 Å². The Hall–Kier alpha value is -2.21. The Morgan fingerprint density at radius 3 is 2.62 bits per heavy atom. The highest BCUT2D eigenvalue weighted by Crippen LogP contribution is 2.31. The molecule has 0 fully saturated rings. The van der Waals surface area contributed by atoms with Crippen LogP contribution in [0.4, 0.5) is 13.2 Å². The van der Waals surface area contributed by atoms with Gasteiger partial charge in [-0.2, -0.15) is 13.2 Å². The molecule has 0 saturated carbocycles. The molecule has 1 aromatic heterocycles. The van der Waals surface area contributed by atoms with Gasteiger partial charge < -0.3 is 9.30 Å². The third kappa shape index (κ3) is 4.12. The highest BCUT2D eigenvalue weighted by Gasteiger charge is 2.37. The molecule has 1 heterocycles. The predicted molar refractivity (Wildman–Crippen MR) is 95.7 cm³/mol. The van der Waals surface area contributed by atoms with Gasteiger partial charge in [0.1, 0.15) is 5.75 Å². The molecule has 0 aliphatic carbocycles. The summed E-state index contributed by atoms with van der Waals surface area (Å²) in [6, 6.07) is 12.0. The summed E-state index contributed by atoms with van der Waals surface area (Å²) in [6.45, 7) is 2.55. The van der Waals surface area contributed by atoms with Crippen molar-refractivity contribution in [2.75, 3.05) is 6.61 Å². The Morgan fingerprint density at radius 1 is 1.12 bits per heavy atom. The molecule has 0 aliphatic heterocycles. The molecule has 0 unspecified atom stereocenters. The number of aromatic nitrogens is 2. The molecule has 0 aliphatic rings. The fourth-order valence-corrected chi connectivity index (χ4v) is 2.90. The maximum absolute atomic E-state index is 13.2. The fraction of sp³-hybridized carbons (Fsp3) is 0.316. The van der Waals surface area contributed by atoms with Gasteiger partial charge >= 0.3 is 6.18 Å². The smallest absolute Gasteiger partial charge is 0.449 e. The average Bonchev–Trinajstić information content (AvgIpc) is 2.97. The van der Waals surface area contributed by atoms with E-state index in [9.17, 15) is 13.2 Å².